The summed E-state index contributed by atoms with van der Waals surface area (Å²) in [5.41, 5.74) is 0. The van der Waals surface area contributed by atoms with Crippen LogP contribution < -0.4 is 16.0 Å². The molecule has 1 rings (SSSR count). The molecule has 3 N–H and O–H groups in total. The highest BCUT2D eigenvalue weighted by Gasteiger charge is 2.22. The van der Waals surface area contributed by atoms with E-state index >= 15 is 0 Å². The lowest BCUT2D eigenvalue weighted by Gasteiger charge is -2.23. The van der Waals surface area contributed by atoms with E-state index < -0.39 is 0 Å². The molecule has 1 atom stereocenters. The Bertz CT molecular complexity index is 208. The molecule has 1 fully saturated rings. The van der Waals surface area contributed by atoms with Gasteiger partial charge in [0.2, 0.25) is 11.8 Å². The van der Waals surface area contributed by atoms with Crippen LogP contribution in [0.1, 0.15) is 19.8 Å². The zero-order chi connectivity index (χ0) is 10.4. The van der Waals surface area contributed by atoms with Crippen LogP contribution in [0, 0.1) is 0 Å². The second kappa shape index (κ2) is 5.59. The highest BCUT2D eigenvalue weighted by atomic mass is 16.2. The summed E-state index contributed by atoms with van der Waals surface area (Å²) in [5, 5.41) is 8.33. The Morgan fingerprint density at radius 3 is 3.00 bits per heavy atom. The lowest BCUT2D eigenvalue weighted by molar-refractivity contribution is -0.126. The first-order valence-electron chi connectivity index (χ1n) is 5.02. The van der Waals surface area contributed by atoms with Gasteiger partial charge in [-0.15, -0.1) is 0 Å². The molecular formula is C9H17N3O2. The van der Waals surface area contributed by atoms with E-state index in [1.54, 1.807) is 0 Å². The van der Waals surface area contributed by atoms with Crippen molar-refractivity contribution in [2.45, 2.75) is 25.8 Å². The summed E-state index contributed by atoms with van der Waals surface area (Å²) in [6, 6.07) is -0.274. The van der Waals surface area contributed by atoms with Gasteiger partial charge in [-0.2, -0.15) is 0 Å². The SMILES string of the molecule is CCCCNC(=O)C1CNC(=O)CN1. The predicted molar refractivity (Wildman–Crippen MR) is 52.7 cm³/mol. The summed E-state index contributed by atoms with van der Waals surface area (Å²) in [6.07, 6.45) is 2.06. The van der Waals surface area contributed by atoms with Gasteiger partial charge in [0.1, 0.15) is 6.04 Å². The van der Waals surface area contributed by atoms with E-state index in [0.29, 0.717) is 13.1 Å². The van der Waals surface area contributed by atoms with Crippen LogP contribution in [0.2, 0.25) is 0 Å². The summed E-state index contributed by atoms with van der Waals surface area (Å²) in [7, 11) is 0. The van der Waals surface area contributed by atoms with Crippen LogP contribution in [0.15, 0.2) is 0 Å². The smallest absolute Gasteiger partial charge is 0.238 e. The van der Waals surface area contributed by atoms with Crippen molar-refractivity contribution < 1.29 is 9.59 Å². The topological polar surface area (TPSA) is 70.2 Å². The Hall–Kier alpha value is -1.10. The quantitative estimate of drug-likeness (QED) is 0.508. The molecule has 0 bridgehead atoms. The van der Waals surface area contributed by atoms with Crippen molar-refractivity contribution in [3.63, 3.8) is 0 Å². The minimum Gasteiger partial charge on any atom is -0.355 e. The fourth-order valence-corrected chi connectivity index (χ4v) is 1.26. The molecule has 80 valence electrons. The average molecular weight is 199 g/mol. The van der Waals surface area contributed by atoms with Crippen LogP contribution in [-0.4, -0.2) is 37.5 Å². The van der Waals surface area contributed by atoms with Gasteiger partial charge >= 0.3 is 0 Å². The first-order chi connectivity index (χ1) is 6.74. The van der Waals surface area contributed by atoms with Gasteiger partial charge in [0, 0.05) is 13.1 Å². The third-order valence-corrected chi connectivity index (χ3v) is 2.16. The van der Waals surface area contributed by atoms with E-state index in [9.17, 15) is 9.59 Å². The van der Waals surface area contributed by atoms with Crippen molar-refractivity contribution in [3.8, 4) is 0 Å². The van der Waals surface area contributed by atoms with Gasteiger partial charge in [-0.1, -0.05) is 13.3 Å². The van der Waals surface area contributed by atoms with E-state index in [2.05, 4.69) is 22.9 Å². The average Bonchev–Trinajstić information content (AvgIpc) is 2.19. The van der Waals surface area contributed by atoms with E-state index in [0.717, 1.165) is 12.8 Å². The molecule has 1 saturated heterocycles. The Labute approximate surface area is 83.6 Å². The number of rotatable bonds is 4. The van der Waals surface area contributed by atoms with Crippen LogP contribution in [-0.2, 0) is 9.59 Å². The fourth-order valence-electron chi connectivity index (χ4n) is 1.26. The van der Waals surface area contributed by atoms with Crippen molar-refractivity contribution in [1.82, 2.24) is 16.0 Å². The molecule has 0 aliphatic carbocycles. The van der Waals surface area contributed by atoms with Crippen LogP contribution in [0.5, 0.6) is 0 Å². The van der Waals surface area contributed by atoms with Gasteiger partial charge < -0.3 is 10.6 Å². The Balaban J connectivity index is 2.20. The minimum absolute atomic E-state index is 0.0292. The third kappa shape index (κ3) is 3.33. The maximum absolute atomic E-state index is 11.5. The summed E-state index contributed by atoms with van der Waals surface area (Å²) >= 11 is 0. The van der Waals surface area contributed by atoms with Gasteiger partial charge in [0.25, 0.3) is 0 Å². The Morgan fingerprint density at radius 2 is 2.43 bits per heavy atom. The number of piperazine rings is 1. The fraction of sp³-hybridized carbons (Fsp3) is 0.778. The van der Waals surface area contributed by atoms with Crippen molar-refractivity contribution >= 4 is 11.8 Å². The normalized spacial score (nSPS) is 21.5. The monoisotopic (exact) mass is 199 g/mol. The highest BCUT2D eigenvalue weighted by molar-refractivity contribution is 5.86. The number of nitrogens with one attached hydrogen (secondary N) is 3. The lowest BCUT2D eigenvalue weighted by atomic mass is 10.2. The van der Waals surface area contributed by atoms with E-state index in [-0.39, 0.29) is 24.4 Å². The summed E-state index contributed by atoms with van der Waals surface area (Å²) in [5.74, 6) is -0.0824. The van der Waals surface area contributed by atoms with Crippen molar-refractivity contribution in [2.24, 2.45) is 0 Å². The molecule has 2 amide bonds. The van der Waals surface area contributed by atoms with Crippen molar-refractivity contribution in [1.29, 1.82) is 0 Å². The summed E-state index contributed by atoms with van der Waals surface area (Å²) < 4.78 is 0. The van der Waals surface area contributed by atoms with Gasteiger partial charge in [-0.05, 0) is 6.42 Å². The van der Waals surface area contributed by atoms with E-state index in [1.165, 1.54) is 0 Å². The van der Waals surface area contributed by atoms with Crippen LogP contribution >= 0.6 is 0 Å². The van der Waals surface area contributed by atoms with Crippen LogP contribution in [0.3, 0.4) is 0 Å². The minimum atomic E-state index is -0.274. The van der Waals surface area contributed by atoms with Gasteiger partial charge in [-0.3, -0.25) is 14.9 Å². The van der Waals surface area contributed by atoms with Gasteiger partial charge in [0.15, 0.2) is 0 Å². The molecule has 5 nitrogen and oxygen atoms in total. The second-order valence-electron chi connectivity index (χ2n) is 3.38. The second-order valence-corrected chi connectivity index (χ2v) is 3.38. The van der Waals surface area contributed by atoms with Gasteiger partial charge in [-0.25, -0.2) is 0 Å². The number of hydrogen-bond donors (Lipinski definition) is 3. The molecule has 5 heteroatoms. The van der Waals surface area contributed by atoms with Crippen LogP contribution in [0.4, 0.5) is 0 Å². The first-order valence-corrected chi connectivity index (χ1v) is 5.02. The van der Waals surface area contributed by atoms with Crippen molar-refractivity contribution in [2.75, 3.05) is 19.6 Å². The molecule has 14 heavy (non-hydrogen) atoms. The van der Waals surface area contributed by atoms with Gasteiger partial charge in [0.05, 0.1) is 6.54 Å². The number of amides is 2. The number of carbonyl (C=O) groups excluding carboxylic acids is 2. The standard InChI is InChI=1S/C9H17N3O2/c1-2-3-4-10-9(14)7-5-12-8(13)6-11-7/h7,11H,2-6H2,1H3,(H,10,14)(H,12,13). The number of hydrogen-bond acceptors (Lipinski definition) is 3. The molecule has 1 aliphatic heterocycles. The van der Waals surface area contributed by atoms with E-state index in [4.69, 9.17) is 0 Å². The molecule has 0 radical (unpaired) electrons. The molecule has 1 aliphatic rings. The van der Waals surface area contributed by atoms with E-state index in [1.807, 2.05) is 0 Å². The largest absolute Gasteiger partial charge is 0.355 e. The summed E-state index contributed by atoms with van der Waals surface area (Å²) in [6.45, 7) is 3.40. The molecule has 0 saturated carbocycles. The Morgan fingerprint density at radius 1 is 1.64 bits per heavy atom. The zero-order valence-corrected chi connectivity index (χ0v) is 8.43. The first kappa shape index (κ1) is 11.0. The molecule has 0 spiro atoms. The molecular weight excluding hydrogens is 182 g/mol. The number of unbranched alkanes of at least 4 members (excludes halogenated alkanes) is 1. The van der Waals surface area contributed by atoms with Crippen LogP contribution in [0.25, 0.3) is 0 Å². The Kier molecular flexibility index (Phi) is 4.39. The maximum Gasteiger partial charge on any atom is 0.238 e. The molecule has 0 aromatic carbocycles. The van der Waals surface area contributed by atoms with Crippen molar-refractivity contribution in [3.05, 3.63) is 0 Å². The molecule has 0 aromatic rings. The summed E-state index contributed by atoms with van der Waals surface area (Å²) in [4.78, 5) is 22.2. The zero-order valence-electron chi connectivity index (χ0n) is 8.43. The predicted octanol–water partition coefficient (Wildman–Crippen LogP) is -1.01. The molecule has 1 heterocycles. The maximum atomic E-state index is 11.5. The third-order valence-electron chi connectivity index (χ3n) is 2.16. The lowest BCUT2D eigenvalue weighted by Crippen LogP contribution is -2.58. The molecule has 1 unspecified atom stereocenters. The molecule has 0 aromatic heterocycles. The number of carbonyl (C=O) groups is 2. The highest BCUT2D eigenvalue weighted by Crippen LogP contribution is 1.89.